The minimum atomic E-state index is 0.688. The summed E-state index contributed by atoms with van der Waals surface area (Å²) >= 11 is 3.55. The molecule has 1 aromatic heterocycles. The van der Waals surface area contributed by atoms with Crippen molar-refractivity contribution in [3.8, 4) is 0 Å². The average molecular weight is 245 g/mol. The SMILES string of the molecule is Cc1nccn1CC(CBr)C(C)C. The first-order chi connectivity index (χ1) is 6.15. The van der Waals surface area contributed by atoms with Crippen molar-refractivity contribution < 1.29 is 0 Å². The van der Waals surface area contributed by atoms with Crippen LogP contribution in [0.5, 0.6) is 0 Å². The molecule has 1 unspecified atom stereocenters. The summed E-state index contributed by atoms with van der Waals surface area (Å²) < 4.78 is 2.21. The zero-order chi connectivity index (χ0) is 9.84. The summed E-state index contributed by atoms with van der Waals surface area (Å²) in [6.45, 7) is 7.64. The lowest BCUT2D eigenvalue weighted by Gasteiger charge is -2.19. The first-order valence-corrected chi connectivity index (χ1v) is 5.81. The van der Waals surface area contributed by atoms with E-state index in [1.807, 2.05) is 19.3 Å². The van der Waals surface area contributed by atoms with Crippen LogP contribution in [0.3, 0.4) is 0 Å². The van der Waals surface area contributed by atoms with Crippen LogP contribution >= 0.6 is 15.9 Å². The number of aryl methyl sites for hydroxylation is 1. The van der Waals surface area contributed by atoms with Crippen molar-refractivity contribution in [2.45, 2.75) is 27.3 Å². The lowest BCUT2D eigenvalue weighted by Crippen LogP contribution is -2.18. The third-order valence-electron chi connectivity index (χ3n) is 2.50. The first-order valence-electron chi connectivity index (χ1n) is 4.68. The van der Waals surface area contributed by atoms with Crippen LogP contribution in [0.15, 0.2) is 12.4 Å². The van der Waals surface area contributed by atoms with E-state index in [1.165, 1.54) is 0 Å². The summed E-state index contributed by atoms with van der Waals surface area (Å²) in [6, 6.07) is 0. The molecule has 1 atom stereocenters. The van der Waals surface area contributed by atoms with Gasteiger partial charge in [0.15, 0.2) is 0 Å². The van der Waals surface area contributed by atoms with Crippen LogP contribution in [0.4, 0.5) is 0 Å². The van der Waals surface area contributed by atoms with Crippen molar-refractivity contribution in [1.29, 1.82) is 0 Å². The van der Waals surface area contributed by atoms with Gasteiger partial charge in [0.05, 0.1) is 0 Å². The largest absolute Gasteiger partial charge is 0.335 e. The molecule has 0 saturated heterocycles. The number of hydrogen-bond donors (Lipinski definition) is 0. The molecule has 13 heavy (non-hydrogen) atoms. The van der Waals surface area contributed by atoms with Gasteiger partial charge in [0.1, 0.15) is 5.82 Å². The predicted octanol–water partition coefficient (Wildman–Crippen LogP) is 2.86. The Kier molecular flexibility index (Phi) is 3.97. The first kappa shape index (κ1) is 10.8. The highest BCUT2D eigenvalue weighted by Gasteiger charge is 2.12. The molecule has 0 fully saturated rings. The van der Waals surface area contributed by atoms with Crippen molar-refractivity contribution in [2.24, 2.45) is 11.8 Å². The van der Waals surface area contributed by atoms with Crippen molar-refractivity contribution in [3.05, 3.63) is 18.2 Å². The van der Waals surface area contributed by atoms with E-state index in [1.54, 1.807) is 0 Å². The molecule has 1 aromatic rings. The molecule has 0 aliphatic rings. The molecular weight excluding hydrogens is 228 g/mol. The number of alkyl halides is 1. The van der Waals surface area contributed by atoms with Gasteiger partial charge in [0.2, 0.25) is 0 Å². The quantitative estimate of drug-likeness (QED) is 0.746. The van der Waals surface area contributed by atoms with Gasteiger partial charge in [-0.1, -0.05) is 29.8 Å². The van der Waals surface area contributed by atoms with Crippen molar-refractivity contribution in [1.82, 2.24) is 9.55 Å². The van der Waals surface area contributed by atoms with Gasteiger partial charge in [-0.3, -0.25) is 0 Å². The fraction of sp³-hybridized carbons (Fsp3) is 0.700. The molecule has 0 aliphatic carbocycles. The molecule has 74 valence electrons. The van der Waals surface area contributed by atoms with Gasteiger partial charge in [-0.15, -0.1) is 0 Å². The van der Waals surface area contributed by atoms with E-state index >= 15 is 0 Å². The Morgan fingerprint density at radius 3 is 2.62 bits per heavy atom. The van der Waals surface area contributed by atoms with Crippen LogP contribution in [0.25, 0.3) is 0 Å². The van der Waals surface area contributed by atoms with Crippen molar-refractivity contribution in [2.75, 3.05) is 5.33 Å². The predicted molar refractivity (Wildman–Crippen MR) is 59.1 cm³/mol. The standard InChI is InChI=1S/C10H17BrN2/c1-8(2)10(6-11)7-13-5-4-12-9(13)3/h4-5,8,10H,6-7H2,1-3H3. The number of imidazole rings is 1. The van der Waals surface area contributed by atoms with Crippen LogP contribution in [-0.4, -0.2) is 14.9 Å². The van der Waals surface area contributed by atoms with Crippen molar-refractivity contribution in [3.63, 3.8) is 0 Å². The maximum absolute atomic E-state index is 4.21. The third-order valence-corrected chi connectivity index (χ3v) is 3.33. The van der Waals surface area contributed by atoms with Gasteiger partial charge in [0, 0.05) is 24.3 Å². The topological polar surface area (TPSA) is 17.8 Å². The monoisotopic (exact) mass is 244 g/mol. The smallest absolute Gasteiger partial charge is 0.105 e. The maximum Gasteiger partial charge on any atom is 0.105 e. The highest BCUT2D eigenvalue weighted by atomic mass is 79.9. The highest BCUT2D eigenvalue weighted by Crippen LogP contribution is 2.16. The Morgan fingerprint density at radius 2 is 2.23 bits per heavy atom. The Balaban J connectivity index is 2.62. The van der Waals surface area contributed by atoms with E-state index < -0.39 is 0 Å². The Bertz CT molecular complexity index is 255. The maximum atomic E-state index is 4.21. The van der Waals surface area contributed by atoms with E-state index in [4.69, 9.17) is 0 Å². The number of rotatable bonds is 4. The summed E-state index contributed by atoms with van der Waals surface area (Å²) in [5, 5.41) is 1.06. The second-order valence-electron chi connectivity index (χ2n) is 3.79. The van der Waals surface area contributed by atoms with Crippen LogP contribution in [0.2, 0.25) is 0 Å². The lowest BCUT2D eigenvalue weighted by atomic mass is 9.98. The van der Waals surface area contributed by atoms with E-state index in [0.29, 0.717) is 11.8 Å². The Morgan fingerprint density at radius 1 is 1.54 bits per heavy atom. The molecule has 0 spiro atoms. The molecule has 2 nitrogen and oxygen atoms in total. The molecule has 0 bridgehead atoms. The van der Waals surface area contributed by atoms with Gasteiger partial charge < -0.3 is 4.57 Å². The molecule has 0 radical (unpaired) electrons. The third kappa shape index (κ3) is 2.83. The minimum Gasteiger partial charge on any atom is -0.335 e. The summed E-state index contributed by atoms with van der Waals surface area (Å²) in [4.78, 5) is 4.21. The fourth-order valence-corrected chi connectivity index (χ4v) is 2.24. The number of nitrogens with zero attached hydrogens (tertiary/aromatic N) is 2. The summed E-state index contributed by atoms with van der Waals surface area (Å²) in [5.74, 6) is 2.50. The molecule has 1 heterocycles. The lowest BCUT2D eigenvalue weighted by molar-refractivity contribution is 0.370. The van der Waals surface area contributed by atoms with E-state index in [-0.39, 0.29) is 0 Å². The average Bonchev–Trinajstić information content (AvgIpc) is 2.46. The summed E-state index contributed by atoms with van der Waals surface area (Å²) in [7, 11) is 0. The molecule has 0 aromatic carbocycles. The fourth-order valence-electron chi connectivity index (χ4n) is 1.29. The van der Waals surface area contributed by atoms with Crippen LogP contribution in [0, 0.1) is 18.8 Å². The van der Waals surface area contributed by atoms with Gasteiger partial charge in [0.25, 0.3) is 0 Å². The molecule has 0 N–H and O–H groups in total. The second-order valence-corrected chi connectivity index (χ2v) is 4.43. The zero-order valence-corrected chi connectivity index (χ0v) is 10.1. The van der Waals surface area contributed by atoms with Gasteiger partial charge >= 0.3 is 0 Å². The summed E-state index contributed by atoms with van der Waals surface area (Å²) in [5.41, 5.74) is 0. The van der Waals surface area contributed by atoms with E-state index in [0.717, 1.165) is 17.7 Å². The molecule has 0 aliphatic heterocycles. The number of hydrogen-bond acceptors (Lipinski definition) is 1. The molecule has 3 heteroatoms. The van der Waals surface area contributed by atoms with Crippen LogP contribution < -0.4 is 0 Å². The number of aromatic nitrogens is 2. The normalized spacial score (nSPS) is 13.6. The molecule has 0 saturated carbocycles. The highest BCUT2D eigenvalue weighted by molar-refractivity contribution is 9.09. The van der Waals surface area contributed by atoms with Crippen LogP contribution in [0.1, 0.15) is 19.7 Å². The molecule has 1 rings (SSSR count). The Hall–Kier alpha value is -0.310. The van der Waals surface area contributed by atoms with Crippen LogP contribution in [-0.2, 0) is 6.54 Å². The minimum absolute atomic E-state index is 0.688. The van der Waals surface area contributed by atoms with Gasteiger partial charge in [-0.25, -0.2) is 4.98 Å². The molecular formula is C10H17BrN2. The second kappa shape index (κ2) is 4.80. The van der Waals surface area contributed by atoms with Gasteiger partial charge in [-0.05, 0) is 18.8 Å². The number of halogens is 1. The van der Waals surface area contributed by atoms with E-state index in [2.05, 4.69) is 39.3 Å². The Labute approximate surface area is 88.5 Å². The zero-order valence-electron chi connectivity index (χ0n) is 8.50. The van der Waals surface area contributed by atoms with Gasteiger partial charge in [-0.2, -0.15) is 0 Å². The van der Waals surface area contributed by atoms with E-state index in [9.17, 15) is 0 Å². The molecule has 0 amide bonds. The summed E-state index contributed by atoms with van der Waals surface area (Å²) in [6.07, 6.45) is 3.91. The van der Waals surface area contributed by atoms with Crippen molar-refractivity contribution >= 4 is 15.9 Å².